The molecule has 6 nitrogen and oxygen atoms in total. The predicted octanol–water partition coefficient (Wildman–Crippen LogP) is 4.87. The number of pyridine rings is 2. The summed E-state index contributed by atoms with van der Waals surface area (Å²) in [5, 5.41) is 1.86. The lowest BCUT2D eigenvalue weighted by molar-refractivity contribution is 0.0748. The maximum absolute atomic E-state index is 13.6. The van der Waals surface area contributed by atoms with Crippen LogP contribution in [0.15, 0.2) is 79.0 Å². The zero-order valence-electron chi connectivity index (χ0n) is 17.9. The van der Waals surface area contributed by atoms with Crippen molar-refractivity contribution in [2.45, 2.75) is 0 Å². The highest BCUT2D eigenvalue weighted by Gasteiger charge is 2.25. The number of carbonyl (C=O) groups excluding carboxylic acids is 1. The van der Waals surface area contributed by atoms with Crippen LogP contribution in [-0.2, 0) is 0 Å². The summed E-state index contributed by atoms with van der Waals surface area (Å²) in [5.74, 6) is 0.0522. The monoisotopic (exact) mass is 451 g/mol. The van der Waals surface area contributed by atoms with Crippen LogP contribution in [0.2, 0.25) is 0 Å². The van der Waals surface area contributed by atoms with E-state index in [-0.39, 0.29) is 5.91 Å². The fourth-order valence-electron chi connectivity index (χ4n) is 4.27. The van der Waals surface area contributed by atoms with Crippen LogP contribution in [-0.4, -0.2) is 51.9 Å². The number of piperazine rings is 1. The van der Waals surface area contributed by atoms with E-state index in [0.717, 1.165) is 50.7 Å². The van der Waals surface area contributed by atoms with E-state index in [1.54, 1.807) is 17.5 Å². The van der Waals surface area contributed by atoms with Crippen LogP contribution in [0.1, 0.15) is 10.4 Å². The number of hydrogen-bond acceptors (Lipinski definition) is 6. The van der Waals surface area contributed by atoms with Crippen LogP contribution >= 0.6 is 11.3 Å². The second-order valence-corrected chi connectivity index (χ2v) is 9.00. The molecule has 0 radical (unpaired) electrons. The smallest absolute Gasteiger partial charge is 0.254 e. The molecule has 4 heterocycles. The number of fused-ring (bicyclic) bond motifs is 2. The molecule has 0 spiro atoms. The highest BCUT2D eigenvalue weighted by Crippen LogP contribution is 2.29. The summed E-state index contributed by atoms with van der Waals surface area (Å²) in [6.45, 7) is 2.80. The summed E-state index contributed by atoms with van der Waals surface area (Å²) in [7, 11) is 0. The van der Waals surface area contributed by atoms with Crippen molar-refractivity contribution in [2.24, 2.45) is 0 Å². The molecule has 162 valence electrons. The zero-order chi connectivity index (χ0) is 22.2. The van der Waals surface area contributed by atoms with Crippen LogP contribution in [0, 0.1) is 0 Å². The maximum Gasteiger partial charge on any atom is 0.254 e. The Balaban J connectivity index is 1.28. The van der Waals surface area contributed by atoms with Crippen molar-refractivity contribution in [3.05, 3.63) is 84.6 Å². The van der Waals surface area contributed by atoms with Gasteiger partial charge < -0.3 is 9.80 Å². The van der Waals surface area contributed by atoms with Gasteiger partial charge >= 0.3 is 0 Å². The Morgan fingerprint density at radius 1 is 0.818 bits per heavy atom. The van der Waals surface area contributed by atoms with Gasteiger partial charge in [0.05, 0.1) is 16.8 Å². The third-order valence-electron chi connectivity index (χ3n) is 6.01. The van der Waals surface area contributed by atoms with Gasteiger partial charge in [-0.15, -0.1) is 0 Å². The van der Waals surface area contributed by atoms with Crippen molar-refractivity contribution < 1.29 is 4.79 Å². The SMILES string of the molecule is O=C(c1cc(-c2ccccc2)nc2ccccc12)N1CCN(c2nc3cccnc3s2)CC1. The number of amides is 1. The number of nitrogens with zero attached hydrogens (tertiary/aromatic N) is 5. The highest BCUT2D eigenvalue weighted by molar-refractivity contribution is 7.21. The molecule has 1 aliphatic rings. The molecule has 1 amide bonds. The van der Waals surface area contributed by atoms with Gasteiger partial charge in [-0.3, -0.25) is 4.79 Å². The molecule has 0 N–H and O–H groups in total. The molecular formula is C26H21N5OS. The highest BCUT2D eigenvalue weighted by atomic mass is 32.1. The van der Waals surface area contributed by atoms with E-state index in [0.29, 0.717) is 18.7 Å². The number of benzene rings is 2. The van der Waals surface area contributed by atoms with E-state index in [1.807, 2.05) is 77.7 Å². The first-order chi connectivity index (χ1) is 16.3. The van der Waals surface area contributed by atoms with Crippen molar-refractivity contribution in [3.63, 3.8) is 0 Å². The summed E-state index contributed by atoms with van der Waals surface area (Å²) in [5.41, 5.74) is 4.29. The molecule has 5 aromatic rings. The molecule has 1 fully saturated rings. The lowest BCUT2D eigenvalue weighted by atomic mass is 10.0. The van der Waals surface area contributed by atoms with Gasteiger partial charge in [0.2, 0.25) is 0 Å². The van der Waals surface area contributed by atoms with Crippen molar-refractivity contribution in [1.29, 1.82) is 0 Å². The van der Waals surface area contributed by atoms with Gasteiger partial charge in [-0.2, -0.15) is 0 Å². The average molecular weight is 452 g/mol. The van der Waals surface area contributed by atoms with Crippen molar-refractivity contribution >= 4 is 43.6 Å². The van der Waals surface area contributed by atoms with Crippen LogP contribution < -0.4 is 4.90 Å². The molecule has 0 saturated carbocycles. The molecule has 0 unspecified atom stereocenters. The van der Waals surface area contributed by atoms with Gasteiger partial charge in [0.15, 0.2) is 5.13 Å². The summed E-state index contributed by atoms with van der Waals surface area (Å²) in [6, 6.07) is 23.7. The second kappa shape index (κ2) is 8.26. The minimum absolute atomic E-state index is 0.0522. The number of aromatic nitrogens is 3. The molecular weight excluding hydrogens is 430 g/mol. The van der Waals surface area contributed by atoms with Crippen LogP contribution in [0.4, 0.5) is 5.13 Å². The average Bonchev–Trinajstić information content (AvgIpc) is 3.33. The van der Waals surface area contributed by atoms with Gasteiger partial charge in [0.25, 0.3) is 5.91 Å². The normalized spacial score (nSPS) is 14.2. The Bertz CT molecular complexity index is 1420. The minimum atomic E-state index is 0.0522. The fourth-order valence-corrected chi connectivity index (χ4v) is 5.23. The number of thiazole rings is 1. The lowest BCUT2D eigenvalue weighted by Crippen LogP contribution is -2.48. The summed E-state index contributed by atoms with van der Waals surface area (Å²) >= 11 is 1.60. The van der Waals surface area contributed by atoms with E-state index in [9.17, 15) is 4.79 Å². The lowest BCUT2D eigenvalue weighted by Gasteiger charge is -2.34. The number of para-hydroxylation sites is 1. The quantitative estimate of drug-likeness (QED) is 0.392. The summed E-state index contributed by atoms with van der Waals surface area (Å²) < 4.78 is 0. The van der Waals surface area contributed by atoms with E-state index < -0.39 is 0 Å². The first-order valence-corrected chi connectivity index (χ1v) is 11.8. The van der Waals surface area contributed by atoms with E-state index >= 15 is 0 Å². The Morgan fingerprint density at radius 3 is 2.39 bits per heavy atom. The molecule has 0 bridgehead atoms. The number of hydrogen-bond donors (Lipinski definition) is 0. The molecule has 2 aromatic carbocycles. The van der Waals surface area contributed by atoms with Gasteiger partial charge in [0, 0.05) is 43.3 Å². The van der Waals surface area contributed by atoms with Crippen molar-refractivity contribution in [3.8, 4) is 11.3 Å². The van der Waals surface area contributed by atoms with Gasteiger partial charge in [-0.25, -0.2) is 15.0 Å². The molecule has 3 aromatic heterocycles. The van der Waals surface area contributed by atoms with E-state index in [4.69, 9.17) is 9.97 Å². The molecule has 0 atom stereocenters. The number of anilines is 1. The first kappa shape index (κ1) is 19.8. The maximum atomic E-state index is 13.6. The molecule has 1 saturated heterocycles. The van der Waals surface area contributed by atoms with Crippen molar-refractivity contribution in [2.75, 3.05) is 31.1 Å². The topological polar surface area (TPSA) is 62.2 Å². The Labute approximate surface area is 195 Å². The summed E-state index contributed by atoms with van der Waals surface area (Å²) in [4.78, 5) is 32.7. The summed E-state index contributed by atoms with van der Waals surface area (Å²) in [6.07, 6.45) is 1.80. The van der Waals surface area contributed by atoms with Gasteiger partial charge in [-0.05, 0) is 24.3 Å². The van der Waals surface area contributed by atoms with Crippen LogP contribution in [0.3, 0.4) is 0 Å². The van der Waals surface area contributed by atoms with E-state index in [2.05, 4.69) is 9.88 Å². The first-order valence-electron chi connectivity index (χ1n) is 11.0. The Morgan fingerprint density at radius 2 is 1.58 bits per heavy atom. The third kappa shape index (κ3) is 3.70. The molecule has 33 heavy (non-hydrogen) atoms. The number of rotatable bonds is 3. The van der Waals surface area contributed by atoms with Crippen LogP contribution in [0.5, 0.6) is 0 Å². The predicted molar refractivity (Wildman–Crippen MR) is 133 cm³/mol. The third-order valence-corrected chi connectivity index (χ3v) is 7.05. The molecule has 6 rings (SSSR count). The number of carbonyl (C=O) groups is 1. The fraction of sp³-hybridized carbons (Fsp3) is 0.154. The van der Waals surface area contributed by atoms with Crippen LogP contribution in [0.25, 0.3) is 32.5 Å². The zero-order valence-corrected chi connectivity index (χ0v) is 18.7. The standard InChI is InChI=1S/C26H21N5OS/c32-25(30-13-15-31(16-14-30)26-29-22-11-6-12-27-24(22)33-26)20-17-23(18-7-2-1-3-8-18)28-21-10-5-4-9-19(20)21/h1-12,17H,13-16H2. The van der Waals surface area contributed by atoms with Gasteiger partial charge in [-0.1, -0.05) is 59.9 Å². The Kier molecular flexibility index (Phi) is 4.96. The van der Waals surface area contributed by atoms with E-state index in [1.165, 1.54) is 0 Å². The molecule has 7 heteroatoms. The van der Waals surface area contributed by atoms with Crippen molar-refractivity contribution in [1.82, 2.24) is 19.9 Å². The molecule has 0 aliphatic carbocycles. The second-order valence-electron chi connectivity index (χ2n) is 8.04. The van der Waals surface area contributed by atoms with Gasteiger partial charge in [0.1, 0.15) is 10.3 Å². The largest absolute Gasteiger partial charge is 0.344 e. The Hall–Kier alpha value is -3.84. The minimum Gasteiger partial charge on any atom is -0.344 e. The molecule has 1 aliphatic heterocycles.